The zero-order valence-electron chi connectivity index (χ0n) is 14.8. The SMILES string of the molecule is CC1=Nc2cc(C(F)(F)F)nn2C(c2ccc(Cl)c(Cl)c2)C1C(=O)NC1=CC=C1. The van der Waals surface area contributed by atoms with Crippen molar-refractivity contribution in [2.75, 3.05) is 0 Å². The lowest BCUT2D eigenvalue weighted by molar-refractivity contribution is -0.141. The number of nitrogens with one attached hydrogen (secondary N) is 1. The zero-order chi connectivity index (χ0) is 20.9. The number of hydrogen-bond acceptors (Lipinski definition) is 3. The lowest BCUT2D eigenvalue weighted by Crippen LogP contribution is -2.42. The summed E-state index contributed by atoms with van der Waals surface area (Å²) in [5.74, 6) is -1.29. The maximum atomic E-state index is 13.2. The molecule has 10 heteroatoms. The molecule has 0 saturated carbocycles. The highest BCUT2D eigenvalue weighted by atomic mass is 35.5. The second-order valence-electron chi connectivity index (χ2n) is 6.65. The van der Waals surface area contributed by atoms with E-state index in [2.05, 4.69) is 15.4 Å². The summed E-state index contributed by atoms with van der Waals surface area (Å²) < 4.78 is 40.8. The topological polar surface area (TPSA) is 59.3 Å². The number of rotatable bonds is 3. The molecule has 0 saturated heterocycles. The number of aliphatic imine (C=N–C) groups is 1. The Morgan fingerprint density at radius 1 is 1.21 bits per heavy atom. The van der Waals surface area contributed by atoms with Crippen molar-refractivity contribution in [1.29, 1.82) is 0 Å². The average Bonchev–Trinajstić information content (AvgIpc) is 3.03. The number of halogens is 5. The third-order valence-corrected chi connectivity index (χ3v) is 5.45. The molecule has 2 unspecified atom stereocenters. The average molecular weight is 441 g/mol. The van der Waals surface area contributed by atoms with Crippen LogP contribution >= 0.6 is 23.2 Å². The van der Waals surface area contributed by atoms with Crippen molar-refractivity contribution in [3.8, 4) is 0 Å². The molecule has 2 atom stereocenters. The van der Waals surface area contributed by atoms with Crippen LogP contribution in [-0.2, 0) is 11.0 Å². The highest BCUT2D eigenvalue weighted by Crippen LogP contribution is 2.41. The number of carbonyl (C=O) groups excluding carboxylic acids is 1. The standard InChI is InChI=1S/C19H13Cl2F3N4O/c1-9-16(18(29)26-11-3-2-4-11)17(10-5-6-12(20)13(21)7-10)28-15(25-9)8-14(27-28)19(22,23)24/h2-8,16-17H,1H3,(H,26,29). The summed E-state index contributed by atoms with van der Waals surface area (Å²) in [6, 6.07) is 4.64. The second kappa shape index (κ2) is 7.03. The summed E-state index contributed by atoms with van der Waals surface area (Å²) in [6.45, 7) is 1.60. The Morgan fingerprint density at radius 2 is 1.93 bits per heavy atom. The largest absolute Gasteiger partial charge is 0.435 e. The van der Waals surface area contributed by atoms with Crippen LogP contribution in [0, 0.1) is 5.92 Å². The minimum absolute atomic E-state index is 0.0118. The number of alkyl halides is 3. The number of carbonyl (C=O) groups is 1. The van der Waals surface area contributed by atoms with Gasteiger partial charge in [0.2, 0.25) is 5.91 Å². The number of fused-ring (bicyclic) bond motifs is 1. The molecule has 4 rings (SSSR count). The van der Waals surface area contributed by atoms with Crippen LogP contribution in [0.2, 0.25) is 10.0 Å². The Balaban J connectivity index is 1.84. The van der Waals surface area contributed by atoms with E-state index < -0.39 is 29.7 Å². The van der Waals surface area contributed by atoms with Crippen molar-refractivity contribution in [2.45, 2.75) is 19.1 Å². The molecule has 0 bridgehead atoms. The van der Waals surface area contributed by atoms with Gasteiger partial charge < -0.3 is 5.32 Å². The Hall–Kier alpha value is -2.58. The van der Waals surface area contributed by atoms with Gasteiger partial charge in [-0.25, -0.2) is 9.67 Å². The first kappa shape index (κ1) is 19.7. The molecule has 1 N–H and O–H groups in total. The van der Waals surface area contributed by atoms with Crippen LogP contribution in [0.5, 0.6) is 0 Å². The van der Waals surface area contributed by atoms with Gasteiger partial charge in [0.15, 0.2) is 11.5 Å². The molecule has 2 aliphatic rings. The van der Waals surface area contributed by atoms with Crippen LogP contribution in [0.3, 0.4) is 0 Å². The predicted octanol–water partition coefficient (Wildman–Crippen LogP) is 5.09. The molecule has 1 aliphatic carbocycles. The summed E-state index contributed by atoms with van der Waals surface area (Å²) in [4.78, 5) is 17.2. The van der Waals surface area contributed by atoms with E-state index in [-0.39, 0.29) is 10.8 Å². The molecule has 1 aromatic heterocycles. The summed E-state index contributed by atoms with van der Waals surface area (Å²) in [6.07, 6.45) is 0.537. The Bertz CT molecular complexity index is 1100. The van der Waals surface area contributed by atoms with Crippen molar-refractivity contribution in [3.05, 3.63) is 69.5 Å². The number of aromatic nitrogens is 2. The van der Waals surface area contributed by atoms with E-state index in [0.29, 0.717) is 22.0 Å². The fourth-order valence-corrected chi connectivity index (χ4v) is 3.60. The van der Waals surface area contributed by atoms with Crippen LogP contribution in [0.4, 0.5) is 19.0 Å². The van der Waals surface area contributed by atoms with E-state index in [0.717, 1.165) is 10.7 Å². The first-order chi connectivity index (χ1) is 13.6. The van der Waals surface area contributed by atoms with Gasteiger partial charge in [0.05, 0.1) is 16.1 Å². The van der Waals surface area contributed by atoms with Gasteiger partial charge in [-0.15, -0.1) is 0 Å². The number of allylic oxidation sites excluding steroid dienone is 3. The van der Waals surface area contributed by atoms with Crippen molar-refractivity contribution < 1.29 is 18.0 Å². The molecule has 2 heterocycles. The van der Waals surface area contributed by atoms with Gasteiger partial charge >= 0.3 is 6.18 Å². The molecule has 1 aromatic carbocycles. The molecule has 0 radical (unpaired) electrons. The van der Waals surface area contributed by atoms with Gasteiger partial charge in [0.25, 0.3) is 0 Å². The van der Waals surface area contributed by atoms with Gasteiger partial charge in [-0.1, -0.05) is 35.3 Å². The molecule has 0 fully saturated rings. The molecule has 1 aliphatic heterocycles. The van der Waals surface area contributed by atoms with Crippen LogP contribution < -0.4 is 5.32 Å². The van der Waals surface area contributed by atoms with Gasteiger partial charge in [-0.05, 0) is 36.8 Å². The number of amides is 1. The predicted molar refractivity (Wildman–Crippen MR) is 103 cm³/mol. The smallest absolute Gasteiger partial charge is 0.325 e. The zero-order valence-corrected chi connectivity index (χ0v) is 16.3. The molecular weight excluding hydrogens is 428 g/mol. The fraction of sp³-hybridized carbons (Fsp3) is 0.211. The van der Waals surface area contributed by atoms with Crippen LogP contribution in [0.25, 0.3) is 0 Å². The van der Waals surface area contributed by atoms with Crippen molar-refractivity contribution in [1.82, 2.24) is 15.1 Å². The monoisotopic (exact) mass is 440 g/mol. The van der Waals surface area contributed by atoms with E-state index in [1.807, 2.05) is 0 Å². The van der Waals surface area contributed by atoms with Crippen LogP contribution in [0.1, 0.15) is 24.2 Å². The van der Waals surface area contributed by atoms with Gasteiger partial charge in [-0.2, -0.15) is 18.3 Å². The molecule has 29 heavy (non-hydrogen) atoms. The molecule has 5 nitrogen and oxygen atoms in total. The lowest BCUT2D eigenvalue weighted by Gasteiger charge is -2.31. The second-order valence-corrected chi connectivity index (χ2v) is 7.46. The third kappa shape index (κ3) is 3.58. The first-order valence-corrected chi connectivity index (χ1v) is 9.27. The first-order valence-electron chi connectivity index (χ1n) is 8.51. The summed E-state index contributed by atoms with van der Waals surface area (Å²) in [5.41, 5.74) is 0.381. The van der Waals surface area contributed by atoms with Crippen molar-refractivity contribution in [2.24, 2.45) is 10.9 Å². The van der Waals surface area contributed by atoms with E-state index in [1.54, 1.807) is 31.2 Å². The third-order valence-electron chi connectivity index (χ3n) is 4.71. The van der Waals surface area contributed by atoms with Crippen LogP contribution in [0.15, 0.2) is 53.2 Å². The minimum atomic E-state index is -4.64. The van der Waals surface area contributed by atoms with E-state index in [1.165, 1.54) is 12.1 Å². The number of nitrogens with zero attached hydrogens (tertiary/aromatic N) is 3. The number of hydrogen-bond donors (Lipinski definition) is 1. The molecule has 0 spiro atoms. The minimum Gasteiger partial charge on any atom is -0.325 e. The van der Waals surface area contributed by atoms with E-state index >= 15 is 0 Å². The van der Waals surface area contributed by atoms with Gasteiger partial charge in [0.1, 0.15) is 5.92 Å². The summed E-state index contributed by atoms with van der Waals surface area (Å²) in [5, 5.41) is 6.97. The van der Waals surface area contributed by atoms with Gasteiger partial charge in [-0.3, -0.25) is 4.79 Å². The summed E-state index contributed by atoms with van der Waals surface area (Å²) in [7, 11) is 0. The molecule has 2 aromatic rings. The maximum absolute atomic E-state index is 13.2. The maximum Gasteiger partial charge on any atom is 0.435 e. The Labute approximate surface area is 173 Å². The van der Waals surface area contributed by atoms with Gasteiger partial charge in [0, 0.05) is 17.5 Å². The normalized spacial score (nSPS) is 20.5. The van der Waals surface area contributed by atoms with Crippen molar-refractivity contribution in [3.63, 3.8) is 0 Å². The number of benzene rings is 1. The molecular formula is C19H13Cl2F3N4O. The Kier molecular flexibility index (Phi) is 4.78. The Morgan fingerprint density at radius 3 is 2.52 bits per heavy atom. The molecule has 1 amide bonds. The van der Waals surface area contributed by atoms with E-state index in [9.17, 15) is 18.0 Å². The summed E-state index contributed by atoms with van der Waals surface area (Å²) >= 11 is 12.1. The van der Waals surface area contributed by atoms with Crippen molar-refractivity contribution >= 4 is 40.6 Å². The molecule has 150 valence electrons. The van der Waals surface area contributed by atoms with E-state index in [4.69, 9.17) is 23.2 Å². The van der Waals surface area contributed by atoms with Crippen LogP contribution in [-0.4, -0.2) is 21.4 Å². The quantitative estimate of drug-likeness (QED) is 0.722. The lowest BCUT2D eigenvalue weighted by atomic mass is 9.87. The highest BCUT2D eigenvalue weighted by Gasteiger charge is 2.42. The fourth-order valence-electron chi connectivity index (χ4n) is 3.29. The highest BCUT2D eigenvalue weighted by molar-refractivity contribution is 6.42.